The average molecular weight is 778 g/mol. The zero-order chi connectivity index (χ0) is 29.6. The van der Waals surface area contributed by atoms with Crippen molar-refractivity contribution in [2.75, 3.05) is 0 Å². The molecule has 0 radical (unpaired) electrons. The minimum atomic E-state index is -2.86. The van der Waals surface area contributed by atoms with Gasteiger partial charge in [0, 0.05) is 0 Å². The molecule has 0 amide bonds. The van der Waals surface area contributed by atoms with Gasteiger partial charge in [0.05, 0.1) is 0 Å². The van der Waals surface area contributed by atoms with Crippen molar-refractivity contribution in [1.29, 1.82) is 0 Å². The van der Waals surface area contributed by atoms with Crippen molar-refractivity contribution in [3.05, 3.63) is 36.8 Å². The maximum absolute atomic E-state index is 7.00. The van der Waals surface area contributed by atoms with E-state index in [2.05, 4.69) is 59.7 Å². The van der Waals surface area contributed by atoms with Crippen molar-refractivity contribution in [2.45, 2.75) is 145 Å². The van der Waals surface area contributed by atoms with Crippen LogP contribution >= 0.6 is 0 Å². The summed E-state index contributed by atoms with van der Waals surface area (Å²) in [7, 11) is 0. The van der Waals surface area contributed by atoms with Crippen molar-refractivity contribution in [3.63, 3.8) is 0 Å². The molecule has 41 heavy (non-hydrogen) atoms. The monoisotopic (exact) mass is 780 g/mol. The van der Waals surface area contributed by atoms with Crippen molar-refractivity contribution in [2.24, 2.45) is 0 Å². The number of rotatable bonds is 22. The summed E-state index contributed by atoms with van der Waals surface area (Å²) in [5.41, 5.74) is 0. The molecule has 0 aliphatic heterocycles. The van der Waals surface area contributed by atoms with Gasteiger partial charge in [-0.1, -0.05) is 0 Å². The Kier molecular flexibility index (Phi) is 15.6. The quantitative estimate of drug-likeness (QED) is 0.0954. The van der Waals surface area contributed by atoms with Crippen LogP contribution in [0.1, 0.15) is 119 Å². The Hall–Kier alpha value is -0.563. The molecule has 3 aromatic rings. The van der Waals surface area contributed by atoms with Gasteiger partial charge in [0.2, 0.25) is 0 Å². The second-order valence-electron chi connectivity index (χ2n) is 12.7. The van der Waals surface area contributed by atoms with E-state index in [1.165, 1.54) is 104 Å². The van der Waals surface area contributed by atoms with Crippen LogP contribution in [0.2, 0.25) is 26.6 Å². The topological polar surface area (TPSA) is 39.4 Å². The van der Waals surface area contributed by atoms with Crippen LogP contribution in [0.4, 0.5) is 0 Å². The summed E-state index contributed by atoms with van der Waals surface area (Å²) >= 11 is -5.62. The first-order chi connectivity index (χ1) is 20.0. The third-order valence-corrected chi connectivity index (χ3v) is 40.7. The molecule has 0 fully saturated rings. The molecule has 3 nitrogen and oxygen atoms in total. The SMILES string of the molecule is CCC[CH2][Sn]([CH2]CCC)([CH2]CCC)[c]1ccoc1-c1oc(-c2ccco2)c[c]1[Sn]([CH2]CCC)([CH2]CCC)[CH2]CCC. The van der Waals surface area contributed by atoms with Gasteiger partial charge < -0.3 is 0 Å². The number of furan rings is 3. The van der Waals surface area contributed by atoms with Gasteiger partial charge in [0.1, 0.15) is 0 Å². The van der Waals surface area contributed by atoms with Crippen LogP contribution in [0, 0.1) is 0 Å². The fraction of sp³-hybridized carbons (Fsp3) is 0.667. The average Bonchev–Trinajstić information content (AvgIpc) is 3.78. The molecule has 0 saturated heterocycles. The molecule has 0 atom stereocenters. The van der Waals surface area contributed by atoms with Crippen LogP contribution in [0.25, 0.3) is 23.0 Å². The van der Waals surface area contributed by atoms with Gasteiger partial charge in [0.25, 0.3) is 0 Å². The van der Waals surface area contributed by atoms with Crippen LogP contribution in [0.3, 0.4) is 0 Å². The van der Waals surface area contributed by atoms with Crippen LogP contribution < -0.4 is 7.16 Å². The molecule has 0 saturated carbocycles. The van der Waals surface area contributed by atoms with E-state index in [0.717, 1.165) is 23.0 Å². The van der Waals surface area contributed by atoms with E-state index < -0.39 is 36.8 Å². The standard InChI is InChI=1S/C12H6O3.6C4H9.2Sn/c1-3-9(13-7-1)11-5-6-12(15-11)10-4-2-8-14-10;6*1-3-4-2;;/h1-3,5,7-8H;6*1,3-4H2,2H3;;. The zero-order valence-electron chi connectivity index (χ0n) is 27.4. The summed E-state index contributed by atoms with van der Waals surface area (Å²) in [6, 6.07) is 8.90. The van der Waals surface area contributed by atoms with E-state index in [-0.39, 0.29) is 0 Å². The fourth-order valence-electron chi connectivity index (χ4n) is 7.05. The first kappa shape index (κ1) is 34.9. The number of hydrogen-bond acceptors (Lipinski definition) is 3. The Labute approximate surface area is 260 Å². The molecule has 0 unspecified atom stereocenters. The second kappa shape index (κ2) is 18.3. The predicted molar refractivity (Wildman–Crippen MR) is 183 cm³/mol. The minimum absolute atomic E-state index is 0.852. The summed E-state index contributed by atoms with van der Waals surface area (Å²) in [6.45, 7) is 14.2. The molecule has 3 heterocycles. The predicted octanol–water partition coefficient (Wildman–Crippen LogP) is 11.9. The van der Waals surface area contributed by atoms with E-state index in [4.69, 9.17) is 13.3 Å². The molecule has 0 bridgehead atoms. The van der Waals surface area contributed by atoms with Gasteiger partial charge >= 0.3 is 262 Å². The van der Waals surface area contributed by atoms with E-state index in [1.54, 1.807) is 13.4 Å². The van der Waals surface area contributed by atoms with Crippen LogP contribution in [-0.2, 0) is 0 Å². The number of hydrogen-bond donors (Lipinski definition) is 0. The van der Waals surface area contributed by atoms with Crippen molar-refractivity contribution in [3.8, 4) is 23.0 Å². The Morgan fingerprint density at radius 1 is 0.488 bits per heavy atom. The molecule has 0 aromatic carbocycles. The van der Waals surface area contributed by atoms with Gasteiger partial charge in [-0.3, -0.25) is 0 Å². The first-order valence-electron chi connectivity index (χ1n) is 17.3. The summed E-state index contributed by atoms with van der Waals surface area (Å²) in [5, 5.41) is 0. The molecule has 230 valence electrons. The van der Waals surface area contributed by atoms with Crippen LogP contribution in [-0.4, -0.2) is 36.8 Å². The summed E-state index contributed by atoms with van der Waals surface area (Å²) < 4.78 is 31.4. The van der Waals surface area contributed by atoms with Gasteiger partial charge in [0.15, 0.2) is 0 Å². The summed E-state index contributed by atoms with van der Waals surface area (Å²) in [6.07, 6.45) is 19.5. The Bertz CT molecular complexity index is 1050. The molecular weight excluding hydrogens is 718 g/mol. The molecule has 0 aliphatic carbocycles. The maximum atomic E-state index is 7.00. The number of unbranched alkanes of at least 4 members (excludes halogenated alkanes) is 6. The Balaban J connectivity index is 2.28. The molecular formula is C36H60O3Sn2. The molecule has 3 aromatic heterocycles. The van der Waals surface area contributed by atoms with E-state index in [9.17, 15) is 0 Å². The zero-order valence-corrected chi connectivity index (χ0v) is 33.1. The summed E-state index contributed by atoms with van der Waals surface area (Å²) in [5.74, 6) is 4.00. The third-order valence-electron chi connectivity index (χ3n) is 9.56. The van der Waals surface area contributed by atoms with Crippen molar-refractivity contribution >= 4 is 43.9 Å². The van der Waals surface area contributed by atoms with Gasteiger partial charge in [-0.25, -0.2) is 0 Å². The molecule has 0 aliphatic rings. The van der Waals surface area contributed by atoms with Gasteiger partial charge in [-0.15, -0.1) is 0 Å². The van der Waals surface area contributed by atoms with E-state index >= 15 is 0 Å². The Morgan fingerprint density at radius 3 is 1.37 bits per heavy atom. The molecule has 3 rings (SSSR count). The van der Waals surface area contributed by atoms with Crippen LogP contribution in [0.15, 0.2) is 50.0 Å². The third kappa shape index (κ3) is 8.98. The van der Waals surface area contributed by atoms with Crippen LogP contribution in [0.5, 0.6) is 0 Å². The van der Waals surface area contributed by atoms with E-state index in [0.29, 0.717) is 0 Å². The van der Waals surface area contributed by atoms with Gasteiger partial charge in [-0.05, 0) is 0 Å². The second-order valence-corrected chi connectivity index (χ2v) is 38.9. The van der Waals surface area contributed by atoms with Crippen molar-refractivity contribution < 1.29 is 13.3 Å². The van der Waals surface area contributed by atoms with Crippen molar-refractivity contribution in [1.82, 2.24) is 0 Å². The molecule has 5 heteroatoms. The van der Waals surface area contributed by atoms with Gasteiger partial charge in [-0.2, -0.15) is 0 Å². The first-order valence-corrected chi connectivity index (χ1v) is 32.3. The Morgan fingerprint density at radius 2 is 0.951 bits per heavy atom. The summed E-state index contributed by atoms with van der Waals surface area (Å²) in [4.78, 5) is 0. The molecule has 0 N–H and O–H groups in total. The fourth-order valence-corrected chi connectivity index (χ4v) is 39.7. The normalized spacial score (nSPS) is 12.4. The van der Waals surface area contributed by atoms with E-state index in [1.807, 2.05) is 12.3 Å². The molecule has 0 spiro atoms.